The first-order chi connectivity index (χ1) is 8.24. The second kappa shape index (κ2) is 5.76. The van der Waals surface area contributed by atoms with E-state index in [-0.39, 0.29) is 17.3 Å². The number of nitrogens with zero attached hydrogens (tertiary/aromatic N) is 1. The van der Waals surface area contributed by atoms with Crippen LogP contribution in [0.4, 0.5) is 0 Å². The second-order valence-corrected chi connectivity index (χ2v) is 5.46. The minimum atomic E-state index is -0.548. The van der Waals surface area contributed by atoms with E-state index in [4.69, 9.17) is 32.7 Å². The maximum atomic E-state index is 11.7. The van der Waals surface area contributed by atoms with Crippen LogP contribution in [0.5, 0.6) is 5.88 Å². The summed E-state index contributed by atoms with van der Waals surface area (Å²) in [5, 5.41) is 0.544. The van der Waals surface area contributed by atoms with Gasteiger partial charge in [0.25, 0.3) is 0 Å². The Labute approximate surface area is 116 Å². The number of rotatable bonds is 3. The number of hydrogen-bond acceptors (Lipinski definition) is 4. The fraction of sp³-hybridized carbons (Fsp3) is 0.500. The molecule has 0 N–H and O–H groups in total. The summed E-state index contributed by atoms with van der Waals surface area (Å²) in [7, 11) is 1.44. The molecule has 0 fully saturated rings. The number of aromatic nitrogens is 1. The van der Waals surface area contributed by atoms with E-state index in [1.807, 2.05) is 0 Å². The molecule has 4 nitrogen and oxygen atoms in total. The van der Waals surface area contributed by atoms with Crippen molar-refractivity contribution in [3.63, 3.8) is 0 Å². The molecule has 0 saturated heterocycles. The lowest BCUT2D eigenvalue weighted by atomic mass is 10.1. The van der Waals surface area contributed by atoms with Crippen LogP contribution in [0.2, 0.25) is 10.0 Å². The molecule has 0 atom stereocenters. The molecule has 100 valence electrons. The Kier molecular flexibility index (Phi) is 4.82. The fourth-order valence-corrected chi connectivity index (χ4v) is 1.86. The van der Waals surface area contributed by atoms with E-state index in [9.17, 15) is 4.79 Å². The van der Waals surface area contributed by atoms with Gasteiger partial charge in [0.05, 0.1) is 18.6 Å². The van der Waals surface area contributed by atoms with Gasteiger partial charge in [-0.15, -0.1) is 0 Å². The predicted molar refractivity (Wildman–Crippen MR) is 70.4 cm³/mol. The average molecular weight is 292 g/mol. The number of ether oxygens (including phenoxy) is 2. The Hall–Kier alpha value is -1.00. The van der Waals surface area contributed by atoms with Gasteiger partial charge in [-0.1, -0.05) is 23.2 Å². The van der Waals surface area contributed by atoms with E-state index in [0.29, 0.717) is 10.6 Å². The van der Waals surface area contributed by atoms with Crippen LogP contribution in [-0.2, 0) is 16.0 Å². The van der Waals surface area contributed by atoms with Crippen molar-refractivity contribution in [3.8, 4) is 5.88 Å². The monoisotopic (exact) mass is 291 g/mol. The largest absolute Gasteiger partial charge is 0.480 e. The van der Waals surface area contributed by atoms with Crippen LogP contribution in [0, 0.1) is 0 Å². The molecule has 0 radical (unpaired) electrons. The highest BCUT2D eigenvalue weighted by atomic mass is 35.5. The number of methoxy groups -OCH3 is 1. The highest BCUT2D eigenvalue weighted by Gasteiger charge is 2.20. The molecule has 0 amide bonds. The van der Waals surface area contributed by atoms with Crippen molar-refractivity contribution < 1.29 is 14.3 Å². The topological polar surface area (TPSA) is 48.4 Å². The summed E-state index contributed by atoms with van der Waals surface area (Å²) < 4.78 is 10.2. The van der Waals surface area contributed by atoms with E-state index in [2.05, 4.69) is 4.98 Å². The number of esters is 1. The molecule has 1 aromatic heterocycles. The average Bonchev–Trinajstić information content (AvgIpc) is 2.22. The lowest BCUT2D eigenvalue weighted by Gasteiger charge is -2.20. The molecule has 1 rings (SSSR count). The van der Waals surface area contributed by atoms with E-state index < -0.39 is 11.6 Å². The zero-order valence-corrected chi connectivity index (χ0v) is 12.2. The third-order valence-corrected chi connectivity index (χ3v) is 2.69. The summed E-state index contributed by atoms with van der Waals surface area (Å²) in [5.41, 5.74) is -0.0907. The molecule has 0 saturated carbocycles. The van der Waals surface area contributed by atoms with Crippen molar-refractivity contribution in [2.75, 3.05) is 7.11 Å². The van der Waals surface area contributed by atoms with E-state index in [1.165, 1.54) is 13.3 Å². The van der Waals surface area contributed by atoms with Crippen LogP contribution < -0.4 is 4.74 Å². The van der Waals surface area contributed by atoms with Crippen molar-refractivity contribution in [3.05, 3.63) is 21.8 Å². The Bertz CT molecular complexity index is 455. The van der Waals surface area contributed by atoms with E-state index >= 15 is 0 Å². The van der Waals surface area contributed by atoms with Gasteiger partial charge in [0.15, 0.2) is 0 Å². The Morgan fingerprint density at radius 2 is 2.00 bits per heavy atom. The molecule has 0 aliphatic heterocycles. The van der Waals surface area contributed by atoms with Crippen LogP contribution in [0.3, 0.4) is 0 Å². The number of pyridine rings is 1. The first-order valence-electron chi connectivity index (χ1n) is 5.33. The quantitative estimate of drug-likeness (QED) is 0.802. The molecule has 0 spiro atoms. The van der Waals surface area contributed by atoms with Crippen LogP contribution >= 0.6 is 23.2 Å². The second-order valence-electron chi connectivity index (χ2n) is 4.67. The molecule has 1 heterocycles. The molecule has 0 aliphatic rings. The highest BCUT2D eigenvalue weighted by molar-refractivity contribution is 6.36. The summed E-state index contributed by atoms with van der Waals surface area (Å²) in [4.78, 5) is 15.6. The van der Waals surface area contributed by atoms with Gasteiger partial charge in [-0.05, 0) is 20.8 Å². The molecule has 18 heavy (non-hydrogen) atoms. The van der Waals surface area contributed by atoms with Gasteiger partial charge in [-0.3, -0.25) is 4.79 Å². The molecular formula is C12H15Cl2NO3. The summed E-state index contributed by atoms with van der Waals surface area (Å²) in [5.74, 6) is -0.167. The Morgan fingerprint density at radius 3 is 2.50 bits per heavy atom. The first kappa shape index (κ1) is 15.1. The number of carbonyl (C=O) groups excluding carboxylic acids is 1. The van der Waals surface area contributed by atoms with Crippen LogP contribution in [0.25, 0.3) is 0 Å². The van der Waals surface area contributed by atoms with Gasteiger partial charge in [-0.25, -0.2) is 4.98 Å². The summed E-state index contributed by atoms with van der Waals surface area (Å²) in [6.45, 7) is 5.38. The minimum Gasteiger partial charge on any atom is -0.480 e. The summed E-state index contributed by atoms with van der Waals surface area (Å²) in [6.07, 6.45) is 1.37. The predicted octanol–water partition coefficient (Wildman–Crippen LogP) is 3.28. The van der Waals surface area contributed by atoms with Gasteiger partial charge in [0.2, 0.25) is 5.88 Å². The normalized spacial score (nSPS) is 11.2. The third-order valence-electron chi connectivity index (χ3n) is 1.97. The molecule has 0 unspecified atom stereocenters. The fourth-order valence-electron chi connectivity index (χ4n) is 1.31. The van der Waals surface area contributed by atoms with Crippen molar-refractivity contribution in [1.29, 1.82) is 0 Å². The van der Waals surface area contributed by atoms with Crippen LogP contribution in [-0.4, -0.2) is 23.7 Å². The molecule has 1 aromatic rings. The first-order valence-corrected chi connectivity index (χ1v) is 6.09. The van der Waals surface area contributed by atoms with Crippen molar-refractivity contribution in [2.24, 2.45) is 0 Å². The van der Waals surface area contributed by atoms with Crippen molar-refractivity contribution in [2.45, 2.75) is 32.8 Å². The molecule has 0 aromatic carbocycles. The zero-order chi connectivity index (χ0) is 13.9. The van der Waals surface area contributed by atoms with Crippen LogP contribution in [0.1, 0.15) is 26.3 Å². The molecule has 6 heteroatoms. The van der Waals surface area contributed by atoms with Crippen molar-refractivity contribution >= 4 is 29.2 Å². The zero-order valence-electron chi connectivity index (χ0n) is 10.7. The van der Waals surface area contributed by atoms with E-state index in [0.717, 1.165) is 0 Å². The smallest absolute Gasteiger partial charge is 0.310 e. The number of carbonyl (C=O) groups is 1. The number of hydrogen-bond donors (Lipinski definition) is 0. The summed E-state index contributed by atoms with van der Waals surface area (Å²) >= 11 is 12.0. The maximum Gasteiger partial charge on any atom is 0.310 e. The Morgan fingerprint density at radius 1 is 1.39 bits per heavy atom. The third kappa shape index (κ3) is 4.03. The Balaban J connectivity index is 2.94. The molecule has 0 bridgehead atoms. The van der Waals surface area contributed by atoms with Gasteiger partial charge in [0, 0.05) is 11.8 Å². The maximum absolute atomic E-state index is 11.7. The van der Waals surface area contributed by atoms with Gasteiger partial charge >= 0.3 is 5.97 Å². The standard InChI is InChI=1S/C12H15Cl2NO3/c1-12(2,3)18-9(16)5-7-8(13)6-15-11(17-4)10(7)14/h6H,5H2,1-4H3. The SMILES string of the molecule is COc1ncc(Cl)c(CC(=O)OC(C)(C)C)c1Cl. The number of halogens is 2. The van der Waals surface area contributed by atoms with Gasteiger partial charge < -0.3 is 9.47 Å². The van der Waals surface area contributed by atoms with Crippen molar-refractivity contribution in [1.82, 2.24) is 4.98 Å². The lowest BCUT2D eigenvalue weighted by Crippen LogP contribution is -2.25. The van der Waals surface area contributed by atoms with Gasteiger partial charge in [-0.2, -0.15) is 0 Å². The lowest BCUT2D eigenvalue weighted by molar-refractivity contribution is -0.153. The van der Waals surface area contributed by atoms with Gasteiger partial charge in [0.1, 0.15) is 10.6 Å². The minimum absolute atomic E-state index is 0.0200. The summed E-state index contributed by atoms with van der Waals surface area (Å²) in [6, 6.07) is 0. The highest BCUT2D eigenvalue weighted by Crippen LogP contribution is 2.31. The molecule has 0 aliphatic carbocycles. The van der Waals surface area contributed by atoms with Crippen LogP contribution in [0.15, 0.2) is 6.20 Å². The molecular weight excluding hydrogens is 277 g/mol. The van der Waals surface area contributed by atoms with E-state index in [1.54, 1.807) is 20.8 Å².